The number of nitrogens with one attached hydrogen (secondary N) is 2. The van der Waals surface area contributed by atoms with Crippen LogP contribution in [0.3, 0.4) is 0 Å². The predicted molar refractivity (Wildman–Crippen MR) is 130 cm³/mol. The largest absolute Gasteiger partial charge is 0.506 e. The fourth-order valence-electron chi connectivity index (χ4n) is 3.67. The summed E-state index contributed by atoms with van der Waals surface area (Å²) in [5.41, 5.74) is 2.48. The molecule has 2 atom stereocenters. The van der Waals surface area contributed by atoms with Crippen LogP contribution < -0.4 is 14.8 Å². The minimum absolute atomic E-state index is 0.0517. The number of halogens is 1. The van der Waals surface area contributed by atoms with E-state index in [-0.39, 0.29) is 36.2 Å². The number of phenolic OH excluding ortho intramolecular Hbond substituents is 1. The molecular weight excluding hydrogens is 459 g/mol. The van der Waals surface area contributed by atoms with Gasteiger partial charge >= 0.3 is 0 Å². The minimum atomic E-state index is -3.56. The van der Waals surface area contributed by atoms with Crippen molar-refractivity contribution in [1.29, 1.82) is 0 Å². The number of aliphatic hydroxyl groups excluding tert-OH is 1. The Labute approximate surface area is 199 Å². The van der Waals surface area contributed by atoms with E-state index >= 15 is 0 Å². The van der Waals surface area contributed by atoms with Gasteiger partial charge in [-0.2, -0.15) is 0 Å². The summed E-state index contributed by atoms with van der Waals surface area (Å²) in [5, 5.41) is 23.8. The highest BCUT2D eigenvalue weighted by molar-refractivity contribution is 7.92. The van der Waals surface area contributed by atoms with E-state index in [0.29, 0.717) is 12.0 Å². The van der Waals surface area contributed by atoms with Crippen molar-refractivity contribution in [2.75, 3.05) is 24.6 Å². The Bertz CT molecular complexity index is 1210. The third-order valence-electron chi connectivity index (χ3n) is 5.29. The number of rotatable bonds is 11. The highest BCUT2D eigenvalue weighted by atomic mass is 32.2. The normalized spacial score (nSPS) is 13.3. The number of benzene rings is 3. The molecular formula is C25H29FN2O5S. The quantitative estimate of drug-likeness (QED) is 0.308. The molecule has 0 aliphatic rings. The van der Waals surface area contributed by atoms with Crippen molar-refractivity contribution in [3.63, 3.8) is 0 Å². The zero-order valence-corrected chi connectivity index (χ0v) is 19.8. The molecule has 34 heavy (non-hydrogen) atoms. The average molecular weight is 489 g/mol. The molecule has 9 heteroatoms. The number of aliphatic hydroxyl groups is 1. The van der Waals surface area contributed by atoms with Crippen LogP contribution >= 0.6 is 0 Å². The van der Waals surface area contributed by atoms with E-state index in [9.17, 15) is 23.0 Å². The molecule has 0 saturated carbocycles. The summed E-state index contributed by atoms with van der Waals surface area (Å²) in [6, 6.07) is 18.8. The fourth-order valence-corrected chi connectivity index (χ4v) is 4.23. The van der Waals surface area contributed by atoms with Gasteiger partial charge in [0.1, 0.15) is 5.75 Å². The molecule has 0 aromatic heterocycles. The van der Waals surface area contributed by atoms with E-state index in [1.807, 2.05) is 30.3 Å². The first kappa shape index (κ1) is 25.5. The number of aromatic hydroxyl groups is 1. The maximum atomic E-state index is 14.4. The number of methoxy groups -OCH3 is 1. The van der Waals surface area contributed by atoms with E-state index in [2.05, 4.69) is 10.0 Å². The Hall–Kier alpha value is -3.14. The summed E-state index contributed by atoms with van der Waals surface area (Å²) in [4.78, 5) is 0. The predicted octanol–water partition coefficient (Wildman–Crippen LogP) is 3.39. The zero-order valence-electron chi connectivity index (χ0n) is 19.0. The van der Waals surface area contributed by atoms with E-state index in [4.69, 9.17) is 4.74 Å². The maximum Gasteiger partial charge on any atom is 0.229 e. The van der Waals surface area contributed by atoms with Gasteiger partial charge < -0.3 is 20.3 Å². The SMILES string of the molecule is COc1ccc(C(Cc2ccccc2)NCC(O)Cc2ccc(O)c(NS(C)(=O)=O)c2)cc1F. The van der Waals surface area contributed by atoms with Gasteiger partial charge in [0.25, 0.3) is 0 Å². The topological polar surface area (TPSA) is 108 Å². The van der Waals surface area contributed by atoms with E-state index in [1.54, 1.807) is 18.2 Å². The van der Waals surface area contributed by atoms with Crippen molar-refractivity contribution >= 4 is 15.7 Å². The van der Waals surface area contributed by atoms with Crippen molar-refractivity contribution in [2.45, 2.75) is 25.0 Å². The highest BCUT2D eigenvalue weighted by Gasteiger charge is 2.17. The summed E-state index contributed by atoms with van der Waals surface area (Å²) in [5.74, 6) is -0.505. The molecule has 0 radical (unpaired) electrons. The smallest absolute Gasteiger partial charge is 0.229 e. The van der Waals surface area contributed by atoms with Gasteiger partial charge in [0.15, 0.2) is 11.6 Å². The lowest BCUT2D eigenvalue weighted by Crippen LogP contribution is -2.32. The van der Waals surface area contributed by atoms with Crippen LogP contribution in [0.2, 0.25) is 0 Å². The van der Waals surface area contributed by atoms with Gasteiger partial charge in [0, 0.05) is 12.6 Å². The van der Waals surface area contributed by atoms with Gasteiger partial charge in [-0.05, 0) is 53.8 Å². The molecule has 0 aliphatic heterocycles. The van der Waals surface area contributed by atoms with Crippen LogP contribution in [-0.4, -0.2) is 44.6 Å². The molecule has 0 fully saturated rings. The number of anilines is 1. The molecule has 0 heterocycles. The second-order valence-corrected chi connectivity index (χ2v) is 9.88. The summed E-state index contributed by atoms with van der Waals surface area (Å²) in [7, 11) is -2.15. The van der Waals surface area contributed by atoms with Crippen LogP contribution in [0, 0.1) is 5.82 Å². The second kappa shape index (κ2) is 11.3. The molecule has 0 amide bonds. The Morgan fingerprint density at radius 3 is 2.38 bits per heavy atom. The second-order valence-electron chi connectivity index (χ2n) is 8.13. The first-order chi connectivity index (χ1) is 16.1. The molecule has 0 spiro atoms. The zero-order chi connectivity index (χ0) is 24.7. The molecule has 182 valence electrons. The first-order valence-corrected chi connectivity index (χ1v) is 12.6. The Balaban J connectivity index is 1.72. The maximum absolute atomic E-state index is 14.4. The van der Waals surface area contributed by atoms with E-state index < -0.39 is 21.9 Å². The lowest BCUT2D eigenvalue weighted by atomic mass is 9.98. The minimum Gasteiger partial charge on any atom is -0.506 e. The van der Waals surface area contributed by atoms with Gasteiger partial charge in [-0.1, -0.05) is 42.5 Å². The van der Waals surface area contributed by atoms with Gasteiger partial charge in [0.2, 0.25) is 10.0 Å². The van der Waals surface area contributed by atoms with Crippen LogP contribution in [0.15, 0.2) is 66.7 Å². The molecule has 3 rings (SSSR count). The summed E-state index contributed by atoms with van der Waals surface area (Å²) >= 11 is 0. The Kier molecular flexibility index (Phi) is 8.49. The number of sulfonamides is 1. The molecule has 0 bridgehead atoms. The molecule has 0 saturated heterocycles. The lowest BCUT2D eigenvalue weighted by molar-refractivity contribution is 0.167. The van der Waals surface area contributed by atoms with Gasteiger partial charge in [-0.3, -0.25) is 4.72 Å². The summed E-state index contributed by atoms with van der Waals surface area (Å²) < 4.78 is 44.6. The van der Waals surface area contributed by atoms with Gasteiger partial charge in [0.05, 0.1) is 25.2 Å². The third-order valence-corrected chi connectivity index (χ3v) is 5.88. The molecule has 2 unspecified atom stereocenters. The monoisotopic (exact) mass is 488 g/mol. The van der Waals surface area contributed by atoms with E-state index in [0.717, 1.165) is 17.4 Å². The van der Waals surface area contributed by atoms with E-state index in [1.165, 1.54) is 25.3 Å². The van der Waals surface area contributed by atoms with Crippen molar-refractivity contribution in [1.82, 2.24) is 5.32 Å². The molecule has 3 aromatic carbocycles. The Morgan fingerprint density at radius 1 is 1.00 bits per heavy atom. The third kappa shape index (κ3) is 7.44. The van der Waals surface area contributed by atoms with Crippen molar-refractivity contribution < 1.29 is 27.8 Å². The number of phenols is 1. The number of hydrogen-bond donors (Lipinski definition) is 4. The molecule has 3 aromatic rings. The van der Waals surface area contributed by atoms with Gasteiger partial charge in [-0.15, -0.1) is 0 Å². The highest BCUT2D eigenvalue weighted by Crippen LogP contribution is 2.27. The average Bonchev–Trinajstić information content (AvgIpc) is 2.78. The van der Waals surface area contributed by atoms with Crippen LogP contribution in [0.25, 0.3) is 0 Å². The van der Waals surface area contributed by atoms with Crippen LogP contribution in [-0.2, 0) is 22.9 Å². The fraction of sp³-hybridized carbons (Fsp3) is 0.280. The number of ether oxygens (including phenoxy) is 1. The lowest BCUT2D eigenvalue weighted by Gasteiger charge is -2.22. The standard InChI is InChI=1S/C25H29FN2O5S/c1-33-25-11-9-19(15-21(25)26)22(13-17-6-4-3-5-7-17)27-16-20(29)12-18-8-10-24(30)23(14-18)28-34(2,31)32/h3-11,14-15,20,22,27-30H,12-13,16H2,1-2H3. The summed E-state index contributed by atoms with van der Waals surface area (Å²) in [6.45, 7) is 0.209. The van der Waals surface area contributed by atoms with Crippen molar-refractivity contribution in [3.05, 3.63) is 89.2 Å². The van der Waals surface area contributed by atoms with Crippen LogP contribution in [0.1, 0.15) is 22.7 Å². The van der Waals surface area contributed by atoms with Gasteiger partial charge in [-0.25, -0.2) is 12.8 Å². The van der Waals surface area contributed by atoms with Crippen LogP contribution in [0.4, 0.5) is 10.1 Å². The van der Waals surface area contributed by atoms with Crippen molar-refractivity contribution in [3.8, 4) is 11.5 Å². The van der Waals surface area contributed by atoms with Crippen LogP contribution in [0.5, 0.6) is 11.5 Å². The molecule has 0 aliphatic carbocycles. The summed E-state index contributed by atoms with van der Waals surface area (Å²) in [6.07, 6.45) is 0.992. The first-order valence-electron chi connectivity index (χ1n) is 10.7. The number of hydrogen-bond acceptors (Lipinski definition) is 6. The molecule has 4 N–H and O–H groups in total. The Morgan fingerprint density at radius 2 is 1.74 bits per heavy atom. The van der Waals surface area contributed by atoms with Crippen molar-refractivity contribution in [2.24, 2.45) is 0 Å². The molecule has 7 nitrogen and oxygen atoms in total.